The third-order valence-electron chi connectivity index (χ3n) is 3.93. The molecule has 0 fully saturated rings. The van der Waals surface area contributed by atoms with Gasteiger partial charge in [0, 0.05) is 17.3 Å². The molecule has 7 nitrogen and oxygen atoms in total. The minimum Gasteiger partial charge on any atom is -0.340 e. The van der Waals surface area contributed by atoms with Crippen molar-refractivity contribution in [2.75, 3.05) is 5.32 Å². The molecule has 0 bridgehead atoms. The van der Waals surface area contributed by atoms with Crippen molar-refractivity contribution in [2.24, 2.45) is 5.92 Å². The van der Waals surface area contributed by atoms with Gasteiger partial charge in [-0.15, -0.1) is 0 Å². The second-order valence-electron chi connectivity index (χ2n) is 6.48. The molecule has 0 heterocycles. The Morgan fingerprint density at radius 2 is 1.85 bits per heavy atom. The first-order valence-electron chi connectivity index (χ1n) is 8.31. The normalized spacial score (nSPS) is 11.7. The lowest BCUT2D eigenvalue weighted by Crippen LogP contribution is -2.47. The van der Waals surface area contributed by atoms with Gasteiger partial charge >= 0.3 is 0 Å². The third kappa shape index (κ3) is 5.27. The molecule has 1 atom stereocenters. The number of nitrogens with one attached hydrogen (secondary N) is 2. The number of nitro groups is 1. The molecule has 0 radical (unpaired) electrons. The number of rotatable bonds is 6. The van der Waals surface area contributed by atoms with Gasteiger partial charge in [-0.2, -0.15) is 0 Å². The Balaban J connectivity index is 2.18. The minimum absolute atomic E-state index is 0.0557. The van der Waals surface area contributed by atoms with Crippen molar-refractivity contribution < 1.29 is 14.5 Å². The standard InChI is InChI=1S/C19H20ClN3O4/c1-11(2)17(19(25)21-14-6-4-5-12(3)9-14)22-18(24)13-7-8-15(20)16(10-13)23(26)27/h4-11,17H,1-3H3,(H,21,25)(H,22,24). The fourth-order valence-corrected chi connectivity index (χ4v) is 2.68. The smallest absolute Gasteiger partial charge is 0.288 e. The van der Waals surface area contributed by atoms with E-state index in [1.54, 1.807) is 19.9 Å². The first-order chi connectivity index (χ1) is 12.7. The van der Waals surface area contributed by atoms with Gasteiger partial charge in [0.1, 0.15) is 11.1 Å². The Kier molecular flexibility index (Phi) is 6.52. The second kappa shape index (κ2) is 8.64. The van der Waals surface area contributed by atoms with E-state index in [1.165, 1.54) is 12.1 Å². The summed E-state index contributed by atoms with van der Waals surface area (Å²) < 4.78 is 0. The maximum absolute atomic E-state index is 12.6. The molecule has 0 aliphatic carbocycles. The molecule has 0 saturated carbocycles. The van der Waals surface area contributed by atoms with Gasteiger partial charge in [-0.1, -0.05) is 37.6 Å². The number of halogens is 1. The van der Waals surface area contributed by atoms with E-state index in [1.807, 2.05) is 25.1 Å². The van der Waals surface area contributed by atoms with Crippen LogP contribution in [0.5, 0.6) is 0 Å². The lowest BCUT2D eigenvalue weighted by Gasteiger charge is -2.22. The van der Waals surface area contributed by atoms with E-state index >= 15 is 0 Å². The summed E-state index contributed by atoms with van der Waals surface area (Å²) in [7, 11) is 0. The van der Waals surface area contributed by atoms with Crippen molar-refractivity contribution in [2.45, 2.75) is 26.8 Å². The summed E-state index contributed by atoms with van der Waals surface area (Å²) in [5.41, 5.74) is 1.31. The van der Waals surface area contributed by atoms with Crippen LogP contribution < -0.4 is 10.6 Å². The fraction of sp³-hybridized carbons (Fsp3) is 0.263. The molecule has 0 aliphatic heterocycles. The summed E-state index contributed by atoms with van der Waals surface area (Å²) in [6.45, 7) is 5.50. The Morgan fingerprint density at radius 1 is 1.15 bits per heavy atom. The van der Waals surface area contributed by atoms with Gasteiger partial charge in [-0.05, 0) is 42.7 Å². The van der Waals surface area contributed by atoms with E-state index < -0.39 is 16.9 Å². The fourth-order valence-electron chi connectivity index (χ4n) is 2.50. The van der Waals surface area contributed by atoms with Gasteiger partial charge in [-0.25, -0.2) is 0 Å². The predicted molar refractivity (Wildman–Crippen MR) is 104 cm³/mol. The quantitative estimate of drug-likeness (QED) is 0.576. The van der Waals surface area contributed by atoms with Crippen molar-refractivity contribution in [3.8, 4) is 0 Å². The van der Waals surface area contributed by atoms with Gasteiger partial charge in [0.15, 0.2) is 0 Å². The number of hydrogen-bond donors (Lipinski definition) is 2. The number of anilines is 1. The molecule has 0 saturated heterocycles. The second-order valence-corrected chi connectivity index (χ2v) is 6.88. The molecule has 0 aliphatic rings. The number of hydrogen-bond acceptors (Lipinski definition) is 4. The Hall–Kier alpha value is -2.93. The van der Waals surface area contributed by atoms with Gasteiger partial charge < -0.3 is 10.6 Å². The lowest BCUT2D eigenvalue weighted by atomic mass is 10.0. The largest absolute Gasteiger partial charge is 0.340 e. The molecule has 27 heavy (non-hydrogen) atoms. The number of aryl methyl sites for hydroxylation is 1. The molecule has 2 aromatic rings. The molecular formula is C19H20ClN3O4. The van der Waals surface area contributed by atoms with Crippen LogP contribution in [0.3, 0.4) is 0 Å². The number of nitro benzene ring substituents is 1. The van der Waals surface area contributed by atoms with Crippen molar-refractivity contribution in [1.29, 1.82) is 0 Å². The van der Waals surface area contributed by atoms with Crippen LogP contribution in [0.15, 0.2) is 42.5 Å². The molecule has 2 N–H and O–H groups in total. The van der Waals surface area contributed by atoms with E-state index in [-0.39, 0.29) is 28.1 Å². The van der Waals surface area contributed by atoms with Crippen LogP contribution in [0, 0.1) is 23.0 Å². The average molecular weight is 390 g/mol. The first kappa shape index (κ1) is 20.4. The van der Waals surface area contributed by atoms with Crippen LogP contribution in [0.1, 0.15) is 29.8 Å². The SMILES string of the molecule is Cc1cccc(NC(=O)C(NC(=O)c2ccc(Cl)c([N+](=O)[O-])c2)C(C)C)c1. The molecule has 2 amide bonds. The topological polar surface area (TPSA) is 101 Å². The Morgan fingerprint density at radius 3 is 2.44 bits per heavy atom. The zero-order chi connectivity index (χ0) is 20.1. The highest BCUT2D eigenvalue weighted by atomic mass is 35.5. The molecule has 2 aromatic carbocycles. The van der Waals surface area contributed by atoms with Gasteiger partial charge in [0.25, 0.3) is 11.6 Å². The number of amides is 2. The molecular weight excluding hydrogens is 370 g/mol. The van der Waals surface area contributed by atoms with Crippen LogP contribution in [-0.2, 0) is 4.79 Å². The van der Waals surface area contributed by atoms with Crippen molar-refractivity contribution in [3.05, 3.63) is 68.7 Å². The molecule has 2 rings (SSSR count). The first-order valence-corrected chi connectivity index (χ1v) is 8.69. The summed E-state index contributed by atoms with van der Waals surface area (Å²) >= 11 is 5.77. The number of carbonyl (C=O) groups is 2. The maximum atomic E-state index is 12.6. The van der Waals surface area contributed by atoms with Gasteiger partial charge in [0.2, 0.25) is 5.91 Å². The summed E-state index contributed by atoms with van der Waals surface area (Å²) in [4.78, 5) is 35.4. The molecule has 8 heteroatoms. The molecule has 142 valence electrons. The summed E-state index contributed by atoms with van der Waals surface area (Å²) in [5.74, 6) is -1.15. The van der Waals surface area contributed by atoms with E-state index in [0.29, 0.717) is 5.69 Å². The van der Waals surface area contributed by atoms with Crippen LogP contribution in [0.25, 0.3) is 0 Å². The van der Waals surface area contributed by atoms with Crippen LogP contribution in [0.2, 0.25) is 5.02 Å². The predicted octanol–water partition coefficient (Wildman–Crippen LogP) is 3.95. The highest BCUT2D eigenvalue weighted by molar-refractivity contribution is 6.32. The Bertz CT molecular complexity index is 883. The van der Waals surface area contributed by atoms with E-state index in [2.05, 4.69) is 10.6 Å². The van der Waals surface area contributed by atoms with Gasteiger partial charge in [0.05, 0.1) is 4.92 Å². The summed E-state index contributed by atoms with van der Waals surface area (Å²) in [5, 5.41) is 16.3. The van der Waals surface area contributed by atoms with Crippen LogP contribution >= 0.6 is 11.6 Å². The number of benzene rings is 2. The molecule has 0 spiro atoms. The third-order valence-corrected chi connectivity index (χ3v) is 4.25. The van der Waals surface area contributed by atoms with Crippen LogP contribution in [-0.4, -0.2) is 22.8 Å². The highest BCUT2D eigenvalue weighted by Crippen LogP contribution is 2.25. The van der Waals surface area contributed by atoms with Crippen molar-refractivity contribution in [1.82, 2.24) is 5.32 Å². The summed E-state index contributed by atoms with van der Waals surface area (Å²) in [6, 6.07) is 10.2. The monoisotopic (exact) mass is 389 g/mol. The lowest BCUT2D eigenvalue weighted by molar-refractivity contribution is -0.384. The molecule has 0 aromatic heterocycles. The van der Waals surface area contributed by atoms with Gasteiger partial charge in [-0.3, -0.25) is 19.7 Å². The van der Waals surface area contributed by atoms with Crippen molar-refractivity contribution in [3.63, 3.8) is 0 Å². The maximum Gasteiger partial charge on any atom is 0.288 e. The van der Waals surface area contributed by atoms with Crippen LogP contribution in [0.4, 0.5) is 11.4 Å². The Labute approximate surface area is 161 Å². The van der Waals surface area contributed by atoms with E-state index in [9.17, 15) is 19.7 Å². The highest BCUT2D eigenvalue weighted by Gasteiger charge is 2.26. The zero-order valence-electron chi connectivity index (χ0n) is 15.2. The minimum atomic E-state index is -0.812. The molecule has 1 unspecified atom stereocenters. The average Bonchev–Trinajstić information content (AvgIpc) is 2.59. The van der Waals surface area contributed by atoms with E-state index in [4.69, 9.17) is 11.6 Å². The number of nitrogens with zero attached hydrogens (tertiary/aromatic N) is 1. The number of carbonyl (C=O) groups excluding carboxylic acids is 2. The van der Waals surface area contributed by atoms with Crippen molar-refractivity contribution >= 4 is 34.8 Å². The zero-order valence-corrected chi connectivity index (χ0v) is 15.9. The summed E-state index contributed by atoms with van der Waals surface area (Å²) in [6.07, 6.45) is 0. The van der Waals surface area contributed by atoms with E-state index in [0.717, 1.165) is 11.6 Å².